The Hall–Kier alpha value is -3.29. The maximum atomic E-state index is 12.7. The normalized spacial score (nSPS) is 10.9. The van der Waals surface area contributed by atoms with Crippen LogP contribution in [0.15, 0.2) is 72.4 Å². The summed E-state index contributed by atoms with van der Waals surface area (Å²) in [5, 5.41) is 15.0. The van der Waals surface area contributed by atoms with Crippen LogP contribution in [0.25, 0.3) is 10.8 Å². The predicted octanol–water partition coefficient (Wildman–Crippen LogP) is 6.20. The van der Waals surface area contributed by atoms with E-state index < -0.39 is 0 Å². The zero-order valence-electron chi connectivity index (χ0n) is 19.0. The van der Waals surface area contributed by atoms with Crippen LogP contribution in [0.4, 0.5) is 5.69 Å². The molecule has 0 atom stereocenters. The van der Waals surface area contributed by atoms with Crippen LogP contribution in [0.2, 0.25) is 5.02 Å². The van der Waals surface area contributed by atoms with Crippen LogP contribution in [0.1, 0.15) is 17.0 Å². The van der Waals surface area contributed by atoms with E-state index in [0.29, 0.717) is 17.5 Å². The molecule has 3 aromatic carbocycles. The average Bonchev–Trinajstić information content (AvgIpc) is 3.21. The van der Waals surface area contributed by atoms with Crippen molar-refractivity contribution in [2.45, 2.75) is 32.2 Å². The second-order valence-corrected chi connectivity index (χ2v) is 9.14. The molecule has 1 aromatic heterocycles. The van der Waals surface area contributed by atoms with Gasteiger partial charge in [-0.15, -0.1) is 16.8 Å². The summed E-state index contributed by atoms with van der Waals surface area (Å²) < 4.78 is 7.85. The number of amides is 1. The van der Waals surface area contributed by atoms with Crippen LogP contribution in [-0.4, -0.2) is 26.4 Å². The second-order valence-electron chi connectivity index (χ2n) is 7.82. The number of hydrogen-bond acceptors (Lipinski definition) is 5. The molecule has 0 saturated carbocycles. The monoisotopic (exact) mass is 492 g/mol. The van der Waals surface area contributed by atoms with E-state index in [1.807, 2.05) is 73.0 Å². The van der Waals surface area contributed by atoms with Crippen LogP contribution < -0.4 is 10.1 Å². The van der Waals surface area contributed by atoms with E-state index in [9.17, 15) is 4.79 Å². The van der Waals surface area contributed by atoms with E-state index in [1.54, 1.807) is 6.08 Å². The molecule has 1 heterocycles. The molecule has 4 aromatic rings. The molecule has 34 heavy (non-hydrogen) atoms. The minimum absolute atomic E-state index is 0.112. The lowest BCUT2D eigenvalue weighted by atomic mass is 10.1. The molecule has 0 aliphatic heterocycles. The smallest absolute Gasteiger partial charge is 0.234 e. The van der Waals surface area contributed by atoms with E-state index in [2.05, 4.69) is 22.1 Å². The van der Waals surface area contributed by atoms with Gasteiger partial charge in [0, 0.05) is 22.6 Å². The van der Waals surface area contributed by atoms with Crippen molar-refractivity contribution in [1.29, 1.82) is 0 Å². The predicted molar refractivity (Wildman–Crippen MR) is 139 cm³/mol. The van der Waals surface area contributed by atoms with Gasteiger partial charge in [-0.25, -0.2) is 0 Å². The summed E-state index contributed by atoms with van der Waals surface area (Å²) in [6, 6.07) is 17.6. The van der Waals surface area contributed by atoms with Gasteiger partial charge in [-0.05, 0) is 48.6 Å². The first-order chi connectivity index (χ1) is 16.5. The van der Waals surface area contributed by atoms with Crippen LogP contribution >= 0.6 is 23.4 Å². The molecule has 0 fully saturated rings. The molecule has 0 bridgehead atoms. The Balaban J connectivity index is 1.42. The summed E-state index contributed by atoms with van der Waals surface area (Å²) in [4.78, 5) is 12.7. The van der Waals surface area contributed by atoms with Crippen molar-refractivity contribution in [1.82, 2.24) is 14.8 Å². The molecular formula is C26H25ClN4O2S. The largest absolute Gasteiger partial charge is 0.486 e. The standard InChI is InChI=1S/C26H25ClN4O2S/c1-4-12-31-23(15-33-20-13-17(2)25(27)18(3)14-20)29-30-26(31)34-16-24(32)28-22-11-7-9-19-8-5-6-10-21(19)22/h4-11,13-14H,1,12,15-16H2,2-3H3,(H,28,32). The van der Waals surface area contributed by atoms with Crippen LogP contribution in [0.5, 0.6) is 5.75 Å². The number of anilines is 1. The number of fused-ring (bicyclic) bond motifs is 1. The van der Waals surface area contributed by atoms with E-state index in [0.717, 1.165) is 38.4 Å². The Morgan fingerprint density at radius 1 is 1.15 bits per heavy atom. The van der Waals surface area contributed by atoms with Crippen molar-refractivity contribution in [3.8, 4) is 5.75 Å². The molecule has 0 spiro atoms. The SMILES string of the molecule is C=CCn1c(COc2cc(C)c(Cl)c(C)c2)nnc1SCC(=O)Nc1cccc2ccccc12. The van der Waals surface area contributed by atoms with Gasteiger partial charge in [-0.1, -0.05) is 65.8 Å². The maximum Gasteiger partial charge on any atom is 0.234 e. The lowest BCUT2D eigenvalue weighted by molar-refractivity contribution is -0.113. The highest BCUT2D eigenvalue weighted by Crippen LogP contribution is 2.27. The highest BCUT2D eigenvalue weighted by atomic mass is 35.5. The minimum atomic E-state index is -0.112. The zero-order valence-corrected chi connectivity index (χ0v) is 20.6. The number of carbonyl (C=O) groups excluding carboxylic acids is 1. The molecule has 0 radical (unpaired) electrons. The fourth-order valence-corrected chi connectivity index (χ4v) is 4.51. The van der Waals surface area contributed by atoms with E-state index >= 15 is 0 Å². The first-order valence-corrected chi connectivity index (χ1v) is 12.2. The van der Waals surface area contributed by atoms with Crippen molar-refractivity contribution in [3.63, 3.8) is 0 Å². The number of aryl methyl sites for hydroxylation is 2. The Morgan fingerprint density at radius 2 is 1.88 bits per heavy atom. The van der Waals surface area contributed by atoms with Crippen molar-refractivity contribution in [2.24, 2.45) is 0 Å². The lowest BCUT2D eigenvalue weighted by Gasteiger charge is -2.11. The summed E-state index contributed by atoms with van der Waals surface area (Å²) in [6.45, 7) is 8.47. The summed E-state index contributed by atoms with van der Waals surface area (Å²) in [5.74, 6) is 1.47. The Bertz CT molecular complexity index is 1320. The molecule has 0 unspecified atom stereocenters. The van der Waals surface area contributed by atoms with Gasteiger partial charge in [-0.2, -0.15) is 0 Å². The first-order valence-electron chi connectivity index (χ1n) is 10.8. The van der Waals surface area contributed by atoms with Gasteiger partial charge < -0.3 is 10.1 Å². The molecule has 174 valence electrons. The van der Waals surface area contributed by atoms with Gasteiger partial charge in [0.1, 0.15) is 12.4 Å². The van der Waals surface area contributed by atoms with Gasteiger partial charge >= 0.3 is 0 Å². The minimum Gasteiger partial charge on any atom is -0.486 e. The fourth-order valence-electron chi connectivity index (χ4n) is 3.63. The second kappa shape index (κ2) is 10.8. The van der Waals surface area contributed by atoms with Crippen molar-refractivity contribution in [3.05, 3.63) is 89.2 Å². The lowest BCUT2D eigenvalue weighted by Crippen LogP contribution is -2.15. The summed E-state index contributed by atoms with van der Waals surface area (Å²) in [7, 11) is 0. The number of aromatic nitrogens is 3. The van der Waals surface area contributed by atoms with Crippen LogP contribution in [0.3, 0.4) is 0 Å². The number of rotatable bonds is 9. The molecule has 0 aliphatic rings. The summed E-state index contributed by atoms with van der Waals surface area (Å²) in [6.07, 6.45) is 1.77. The molecule has 4 rings (SSSR count). The van der Waals surface area contributed by atoms with Gasteiger partial charge in [0.15, 0.2) is 11.0 Å². The Kier molecular flexibility index (Phi) is 7.55. The number of carbonyl (C=O) groups is 1. The number of halogens is 1. The fraction of sp³-hybridized carbons (Fsp3) is 0.192. The number of hydrogen-bond donors (Lipinski definition) is 1. The van der Waals surface area contributed by atoms with E-state index in [1.165, 1.54) is 11.8 Å². The van der Waals surface area contributed by atoms with Crippen LogP contribution in [0, 0.1) is 13.8 Å². The molecule has 0 saturated heterocycles. The van der Waals surface area contributed by atoms with Gasteiger partial charge in [0.2, 0.25) is 5.91 Å². The third-order valence-electron chi connectivity index (χ3n) is 5.28. The molecule has 0 aliphatic carbocycles. The molecule has 6 nitrogen and oxygen atoms in total. The maximum absolute atomic E-state index is 12.7. The van der Waals surface area contributed by atoms with Gasteiger partial charge in [-0.3, -0.25) is 9.36 Å². The van der Waals surface area contributed by atoms with Crippen molar-refractivity contribution in [2.75, 3.05) is 11.1 Å². The third kappa shape index (κ3) is 5.43. The zero-order chi connectivity index (χ0) is 24.1. The number of allylic oxidation sites excluding steroid dienone is 1. The summed E-state index contributed by atoms with van der Waals surface area (Å²) in [5.41, 5.74) is 2.70. The number of ether oxygens (including phenoxy) is 1. The van der Waals surface area contributed by atoms with Crippen molar-refractivity contribution >= 4 is 45.7 Å². The highest BCUT2D eigenvalue weighted by molar-refractivity contribution is 7.99. The Morgan fingerprint density at radius 3 is 2.65 bits per heavy atom. The van der Waals surface area contributed by atoms with Crippen LogP contribution in [-0.2, 0) is 17.9 Å². The Labute approximate surface area is 208 Å². The summed E-state index contributed by atoms with van der Waals surface area (Å²) >= 11 is 7.57. The number of benzene rings is 3. The van der Waals surface area contributed by atoms with E-state index in [-0.39, 0.29) is 18.3 Å². The quantitative estimate of drug-likeness (QED) is 0.222. The first kappa shape index (κ1) is 23.9. The third-order valence-corrected chi connectivity index (χ3v) is 6.84. The van der Waals surface area contributed by atoms with Gasteiger partial charge in [0.05, 0.1) is 5.75 Å². The molecule has 8 heteroatoms. The van der Waals surface area contributed by atoms with Gasteiger partial charge in [0.25, 0.3) is 0 Å². The number of nitrogens with one attached hydrogen (secondary N) is 1. The average molecular weight is 493 g/mol. The molecule has 1 amide bonds. The molecular weight excluding hydrogens is 468 g/mol. The van der Waals surface area contributed by atoms with E-state index in [4.69, 9.17) is 16.3 Å². The van der Waals surface area contributed by atoms with Crippen molar-refractivity contribution < 1.29 is 9.53 Å². The number of thioether (sulfide) groups is 1. The highest BCUT2D eigenvalue weighted by Gasteiger charge is 2.15. The molecule has 1 N–H and O–H groups in total. The topological polar surface area (TPSA) is 69.0 Å². The number of nitrogens with zero attached hydrogens (tertiary/aromatic N) is 3.